The SMILES string of the molecule is Nc1ncc(-c2cnn([C@@H]3CN[C@H](C(=O)N4CCC(O)C4)C3)c2)cc1-c1nc2ccccc2s1. The number of hydrogen-bond donors (Lipinski definition) is 3. The number of aliphatic hydroxyl groups excluding tert-OH is 1. The molecule has 0 aliphatic carbocycles. The molecule has 0 radical (unpaired) electrons. The van der Waals surface area contributed by atoms with Crippen molar-refractivity contribution in [2.75, 3.05) is 25.4 Å². The number of nitrogens with one attached hydrogen (secondary N) is 1. The Morgan fingerprint density at radius 2 is 2.12 bits per heavy atom. The van der Waals surface area contributed by atoms with Crippen molar-refractivity contribution >= 4 is 33.3 Å². The van der Waals surface area contributed by atoms with Crippen LogP contribution in [0.4, 0.5) is 5.82 Å². The van der Waals surface area contributed by atoms with Gasteiger partial charge in [0.2, 0.25) is 5.91 Å². The number of likely N-dealkylation sites (tertiary alicyclic amines) is 1. The quantitative estimate of drug-likeness (QED) is 0.414. The van der Waals surface area contributed by atoms with E-state index in [4.69, 9.17) is 10.7 Å². The van der Waals surface area contributed by atoms with Gasteiger partial charge >= 0.3 is 0 Å². The lowest BCUT2D eigenvalue weighted by atomic mass is 10.1. The van der Waals surface area contributed by atoms with Gasteiger partial charge in [0.25, 0.3) is 0 Å². The highest BCUT2D eigenvalue weighted by Gasteiger charge is 2.35. The molecule has 2 fully saturated rings. The van der Waals surface area contributed by atoms with E-state index in [9.17, 15) is 9.90 Å². The average molecular weight is 476 g/mol. The first kappa shape index (κ1) is 21.2. The fraction of sp³-hybridized carbons (Fsp3) is 0.333. The van der Waals surface area contributed by atoms with Crippen molar-refractivity contribution in [1.82, 2.24) is 30.0 Å². The molecule has 1 unspecified atom stereocenters. The number of thiazole rings is 1. The van der Waals surface area contributed by atoms with Gasteiger partial charge < -0.3 is 21.1 Å². The smallest absolute Gasteiger partial charge is 0.239 e. The second-order valence-corrected chi connectivity index (χ2v) is 9.96. The molecule has 34 heavy (non-hydrogen) atoms. The molecule has 9 nitrogen and oxygen atoms in total. The number of nitrogens with zero attached hydrogens (tertiary/aromatic N) is 5. The summed E-state index contributed by atoms with van der Waals surface area (Å²) in [6.07, 6.45) is 6.49. The van der Waals surface area contributed by atoms with E-state index in [0.717, 1.165) is 31.9 Å². The molecule has 2 saturated heterocycles. The van der Waals surface area contributed by atoms with Crippen LogP contribution in [0.5, 0.6) is 0 Å². The fourth-order valence-corrected chi connectivity index (χ4v) is 5.74. The first-order valence-electron chi connectivity index (χ1n) is 11.4. The summed E-state index contributed by atoms with van der Waals surface area (Å²) < 4.78 is 3.03. The summed E-state index contributed by atoms with van der Waals surface area (Å²) in [5.41, 5.74) is 9.82. The van der Waals surface area contributed by atoms with Crippen molar-refractivity contribution in [3.8, 4) is 21.7 Å². The van der Waals surface area contributed by atoms with Crippen LogP contribution < -0.4 is 11.1 Å². The van der Waals surface area contributed by atoms with Crippen molar-refractivity contribution in [2.24, 2.45) is 0 Å². The molecular weight excluding hydrogens is 450 g/mol. The number of fused-ring (bicyclic) bond motifs is 1. The standard InChI is InChI=1S/C24H25N7O2S/c25-22-18(23-29-19-3-1-2-4-21(19)34-23)7-14(9-27-22)15-10-28-31(12-15)16-8-20(26-11-16)24(33)30-6-5-17(32)13-30/h1-4,7,9-10,12,16-17,20,26,32H,5-6,8,11,13H2,(H2,25,27)/t16-,17?,20-/m0/s1. The van der Waals surface area contributed by atoms with Crippen molar-refractivity contribution in [1.29, 1.82) is 0 Å². The predicted octanol–water partition coefficient (Wildman–Crippen LogP) is 2.30. The molecule has 0 saturated carbocycles. The third-order valence-corrected chi connectivity index (χ3v) is 7.70. The van der Waals surface area contributed by atoms with Crippen LogP contribution in [-0.4, -0.2) is 67.4 Å². The van der Waals surface area contributed by atoms with Gasteiger partial charge in [-0.1, -0.05) is 12.1 Å². The van der Waals surface area contributed by atoms with Crippen LogP contribution in [0.25, 0.3) is 31.9 Å². The zero-order chi connectivity index (χ0) is 23.2. The zero-order valence-corrected chi connectivity index (χ0v) is 19.3. The molecule has 5 heterocycles. The highest BCUT2D eigenvalue weighted by Crippen LogP contribution is 2.35. The van der Waals surface area contributed by atoms with Crippen LogP contribution in [0.2, 0.25) is 0 Å². The summed E-state index contributed by atoms with van der Waals surface area (Å²) in [5, 5.41) is 18.5. The van der Waals surface area contributed by atoms with E-state index in [1.807, 2.05) is 47.4 Å². The Kier molecular flexibility index (Phi) is 5.28. The van der Waals surface area contributed by atoms with Gasteiger partial charge in [0.1, 0.15) is 10.8 Å². The van der Waals surface area contributed by atoms with Gasteiger partial charge in [-0.05, 0) is 31.0 Å². The Hall–Kier alpha value is -3.34. The van der Waals surface area contributed by atoms with Crippen molar-refractivity contribution < 1.29 is 9.90 Å². The Morgan fingerprint density at radius 1 is 1.24 bits per heavy atom. The van der Waals surface area contributed by atoms with Crippen LogP contribution >= 0.6 is 11.3 Å². The number of nitrogens with two attached hydrogens (primary N) is 1. The minimum absolute atomic E-state index is 0.0645. The lowest BCUT2D eigenvalue weighted by Crippen LogP contribution is -2.42. The zero-order valence-electron chi connectivity index (χ0n) is 18.5. The number of aliphatic hydroxyl groups is 1. The second kappa shape index (κ2) is 8.46. The Morgan fingerprint density at radius 3 is 2.94 bits per heavy atom. The molecule has 174 valence electrons. The summed E-state index contributed by atoms with van der Waals surface area (Å²) in [6.45, 7) is 1.72. The van der Waals surface area contributed by atoms with Gasteiger partial charge in [-0.3, -0.25) is 9.48 Å². The number of para-hydroxylation sites is 1. The number of nitrogen functional groups attached to an aromatic ring is 1. The largest absolute Gasteiger partial charge is 0.391 e. The monoisotopic (exact) mass is 475 g/mol. The van der Waals surface area contributed by atoms with Gasteiger partial charge in [0.15, 0.2) is 0 Å². The Bertz CT molecular complexity index is 1330. The van der Waals surface area contributed by atoms with Crippen LogP contribution in [0.1, 0.15) is 18.9 Å². The van der Waals surface area contributed by atoms with E-state index in [-0.39, 0.29) is 18.0 Å². The van der Waals surface area contributed by atoms with Crippen LogP contribution in [0.3, 0.4) is 0 Å². The fourth-order valence-electron chi connectivity index (χ4n) is 4.75. The summed E-state index contributed by atoms with van der Waals surface area (Å²) in [6, 6.07) is 9.87. The molecular formula is C24H25N7O2S. The highest BCUT2D eigenvalue weighted by molar-refractivity contribution is 7.21. The molecule has 2 aliphatic rings. The minimum atomic E-state index is -0.406. The van der Waals surface area contributed by atoms with Crippen LogP contribution in [0.15, 0.2) is 48.9 Å². The topological polar surface area (TPSA) is 122 Å². The third kappa shape index (κ3) is 3.83. The van der Waals surface area contributed by atoms with E-state index in [2.05, 4.69) is 15.4 Å². The van der Waals surface area contributed by atoms with E-state index in [1.54, 1.807) is 22.4 Å². The number of carbonyl (C=O) groups excluding carboxylic acids is 1. The number of carbonyl (C=O) groups is 1. The van der Waals surface area contributed by atoms with Crippen LogP contribution in [-0.2, 0) is 4.79 Å². The maximum atomic E-state index is 12.8. The number of anilines is 1. The number of hydrogen-bond acceptors (Lipinski definition) is 8. The summed E-state index contributed by atoms with van der Waals surface area (Å²) in [7, 11) is 0. The number of β-amino-alcohol motifs (C(OH)–C–C–N with tert-alkyl or cyclic N) is 1. The lowest BCUT2D eigenvalue weighted by molar-refractivity contribution is -0.132. The maximum Gasteiger partial charge on any atom is 0.239 e. The Balaban J connectivity index is 1.21. The molecule has 4 N–H and O–H groups in total. The summed E-state index contributed by atoms with van der Waals surface area (Å²) in [5.74, 6) is 0.512. The number of amides is 1. The molecule has 4 aromatic rings. The molecule has 1 amide bonds. The minimum Gasteiger partial charge on any atom is -0.391 e. The van der Waals surface area contributed by atoms with Crippen molar-refractivity contribution in [3.63, 3.8) is 0 Å². The molecule has 3 aromatic heterocycles. The van der Waals surface area contributed by atoms with E-state index < -0.39 is 6.10 Å². The summed E-state index contributed by atoms with van der Waals surface area (Å²) in [4.78, 5) is 23.7. The van der Waals surface area contributed by atoms with E-state index >= 15 is 0 Å². The molecule has 3 atom stereocenters. The van der Waals surface area contributed by atoms with Gasteiger partial charge in [-0.25, -0.2) is 9.97 Å². The van der Waals surface area contributed by atoms with Crippen molar-refractivity contribution in [3.05, 3.63) is 48.9 Å². The third-order valence-electron chi connectivity index (χ3n) is 6.63. The highest BCUT2D eigenvalue weighted by atomic mass is 32.1. The van der Waals surface area contributed by atoms with Gasteiger partial charge in [0, 0.05) is 43.2 Å². The second-order valence-electron chi connectivity index (χ2n) is 8.93. The predicted molar refractivity (Wildman–Crippen MR) is 131 cm³/mol. The molecule has 2 aliphatic heterocycles. The maximum absolute atomic E-state index is 12.8. The molecule has 0 spiro atoms. The first-order valence-corrected chi connectivity index (χ1v) is 12.2. The van der Waals surface area contributed by atoms with Gasteiger partial charge in [-0.15, -0.1) is 11.3 Å². The van der Waals surface area contributed by atoms with E-state index in [1.165, 1.54) is 0 Å². The van der Waals surface area contributed by atoms with Gasteiger partial charge in [-0.2, -0.15) is 5.10 Å². The van der Waals surface area contributed by atoms with Crippen molar-refractivity contribution in [2.45, 2.75) is 31.0 Å². The Labute approximate surface area is 200 Å². The molecule has 0 bridgehead atoms. The number of rotatable bonds is 4. The van der Waals surface area contributed by atoms with Gasteiger partial charge in [0.05, 0.1) is 40.2 Å². The lowest BCUT2D eigenvalue weighted by Gasteiger charge is -2.20. The molecule has 6 rings (SSSR count). The molecule has 10 heteroatoms. The van der Waals surface area contributed by atoms with Crippen LogP contribution in [0, 0.1) is 0 Å². The normalized spacial score (nSPS) is 22.6. The first-order chi connectivity index (χ1) is 16.5. The average Bonchev–Trinajstić information content (AvgIpc) is 3.64. The number of benzene rings is 1. The number of aromatic nitrogens is 4. The molecule has 1 aromatic carbocycles. The number of pyridine rings is 1. The summed E-state index contributed by atoms with van der Waals surface area (Å²) >= 11 is 1.60. The van der Waals surface area contributed by atoms with E-state index in [0.29, 0.717) is 38.3 Å².